The first-order valence-corrected chi connectivity index (χ1v) is 11.4. The van der Waals surface area contributed by atoms with E-state index in [4.69, 9.17) is 19.9 Å². The topological polar surface area (TPSA) is 117 Å². The minimum Gasteiger partial charge on any atom is -0.497 e. The number of thioether (sulfide) groups is 1. The van der Waals surface area contributed by atoms with Gasteiger partial charge in [0.05, 0.1) is 20.3 Å². The van der Waals surface area contributed by atoms with Crippen molar-refractivity contribution in [1.82, 2.24) is 5.32 Å². The number of rotatable bonds is 11. The summed E-state index contributed by atoms with van der Waals surface area (Å²) in [6, 6.07) is 5.78. The Morgan fingerprint density at radius 3 is 2.16 bits per heavy atom. The molecule has 180 valence electrons. The van der Waals surface area contributed by atoms with E-state index in [1.165, 1.54) is 18.9 Å². The molecule has 0 saturated carbocycles. The number of carbonyl (C=O) groups is 3. The van der Waals surface area contributed by atoms with Gasteiger partial charge in [-0.05, 0) is 58.7 Å². The summed E-state index contributed by atoms with van der Waals surface area (Å²) in [7, 11) is 2.84. The fraction of sp³-hybridized carbons (Fsp3) is 0.609. The SMILES string of the molecule is COC(=O)C(CCC(=O)OC(C)(C)C)NC(=O)C(N)C(C)(C)SCc1ccc(OC)cc1. The summed E-state index contributed by atoms with van der Waals surface area (Å²) in [5.41, 5.74) is 6.68. The van der Waals surface area contributed by atoms with Crippen LogP contribution in [0.25, 0.3) is 0 Å². The maximum atomic E-state index is 12.8. The summed E-state index contributed by atoms with van der Waals surface area (Å²) >= 11 is 1.53. The highest BCUT2D eigenvalue weighted by Crippen LogP contribution is 2.31. The highest BCUT2D eigenvalue weighted by molar-refractivity contribution is 7.99. The Bertz CT molecular complexity index is 774. The van der Waals surface area contributed by atoms with E-state index < -0.39 is 40.3 Å². The van der Waals surface area contributed by atoms with Gasteiger partial charge in [0.2, 0.25) is 5.91 Å². The molecule has 1 aromatic carbocycles. The quantitative estimate of drug-likeness (QED) is 0.476. The second-order valence-corrected chi connectivity index (χ2v) is 10.6. The van der Waals surface area contributed by atoms with Crippen molar-refractivity contribution in [2.24, 2.45) is 5.73 Å². The lowest BCUT2D eigenvalue weighted by molar-refractivity contribution is -0.155. The second-order valence-electron chi connectivity index (χ2n) is 8.93. The largest absolute Gasteiger partial charge is 0.497 e. The van der Waals surface area contributed by atoms with Crippen molar-refractivity contribution in [3.05, 3.63) is 29.8 Å². The molecule has 0 bridgehead atoms. The van der Waals surface area contributed by atoms with E-state index in [9.17, 15) is 14.4 Å². The lowest BCUT2D eigenvalue weighted by Gasteiger charge is -2.31. The molecule has 32 heavy (non-hydrogen) atoms. The number of hydrogen-bond donors (Lipinski definition) is 2. The summed E-state index contributed by atoms with van der Waals surface area (Å²) in [5.74, 6) is -0.166. The van der Waals surface area contributed by atoms with Crippen LogP contribution >= 0.6 is 11.8 Å². The molecule has 0 fully saturated rings. The number of hydrogen-bond acceptors (Lipinski definition) is 8. The van der Waals surface area contributed by atoms with Crippen molar-refractivity contribution in [2.75, 3.05) is 14.2 Å². The lowest BCUT2D eigenvalue weighted by atomic mass is 10.0. The number of esters is 2. The van der Waals surface area contributed by atoms with E-state index in [0.717, 1.165) is 11.3 Å². The normalized spacial score (nSPS) is 13.6. The van der Waals surface area contributed by atoms with Crippen molar-refractivity contribution in [3.63, 3.8) is 0 Å². The molecule has 1 rings (SSSR count). The van der Waals surface area contributed by atoms with Gasteiger partial charge in [-0.3, -0.25) is 9.59 Å². The number of ether oxygens (including phenoxy) is 3. The third-order valence-corrected chi connectivity index (χ3v) is 6.14. The number of methoxy groups -OCH3 is 2. The van der Waals surface area contributed by atoms with Crippen molar-refractivity contribution < 1.29 is 28.6 Å². The number of carbonyl (C=O) groups excluding carboxylic acids is 3. The molecular weight excluding hydrogens is 432 g/mol. The third kappa shape index (κ3) is 9.48. The van der Waals surface area contributed by atoms with Crippen LogP contribution in [0.1, 0.15) is 53.0 Å². The third-order valence-electron chi connectivity index (χ3n) is 4.66. The maximum Gasteiger partial charge on any atom is 0.328 e. The van der Waals surface area contributed by atoms with E-state index in [1.54, 1.807) is 27.9 Å². The molecule has 0 aliphatic rings. The van der Waals surface area contributed by atoms with Gasteiger partial charge in [-0.25, -0.2) is 4.79 Å². The van der Waals surface area contributed by atoms with Gasteiger partial charge in [0.1, 0.15) is 17.4 Å². The van der Waals surface area contributed by atoms with Crippen LogP contribution in [0.2, 0.25) is 0 Å². The Hall–Kier alpha value is -2.26. The molecule has 1 aromatic rings. The van der Waals surface area contributed by atoms with Gasteiger partial charge in [0.25, 0.3) is 0 Å². The monoisotopic (exact) mass is 468 g/mol. The molecule has 0 aromatic heterocycles. The summed E-state index contributed by atoms with van der Waals surface area (Å²) < 4.78 is 14.6. The summed E-state index contributed by atoms with van der Waals surface area (Å²) in [4.78, 5) is 36.9. The zero-order chi connectivity index (χ0) is 24.5. The first-order valence-electron chi connectivity index (χ1n) is 10.4. The van der Waals surface area contributed by atoms with Gasteiger partial charge < -0.3 is 25.3 Å². The average Bonchev–Trinajstić information content (AvgIpc) is 2.73. The standard InChI is InChI=1S/C23H36N2O6S/c1-22(2,3)31-18(26)13-12-17(21(28)30-7)25-20(27)19(24)23(4,5)32-14-15-8-10-16(29-6)11-9-15/h8-11,17,19H,12-14,24H2,1-7H3,(H,25,27). The Morgan fingerprint density at radius 2 is 1.66 bits per heavy atom. The summed E-state index contributed by atoms with van der Waals surface area (Å²) in [6.07, 6.45) is 0.0155. The Morgan fingerprint density at radius 1 is 1.06 bits per heavy atom. The smallest absolute Gasteiger partial charge is 0.328 e. The summed E-state index contributed by atoms with van der Waals surface area (Å²) in [5, 5.41) is 2.63. The van der Waals surface area contributed by atoms with E-state index in [-0.39, 0.29) is 12.8 Å². The van der Waals surface area contributed by atoms with Gasteiger partial charge in [0.15, 0.2) is 0 Å². The number of nitrogens with two attached hydrogens (primary N) is 1. The van der Waals surface area contributed by atoms with Gasteiger partial charge in [-0.15, -0.1) is 11.8 Å². The molecule has 8 nitrogen and oxygen atoms in total. The molecule has 0 heterocycles. The maximum absolute atomic E-state index is 12.8. The molecule has 0 spiro atoms. The van der Waals surface area contributed by atoms with Crippen LogP contribution in [0.5, 0.6) is 5.75 Å². The van der Waals surface area contributed by atoms with Crippen molar-refractivity contribution in [2.45, 2.75) is 75.6 Å². The predicted octanol–water partition coefficient (Wildman–Crippen LogP) is 2.81. The molecule has 9 heteroatoms. The van der Waals surface area contributed by atoms with E-state index >= 15 is 0 Å². The molecule has 2 atom stereocenters. The lowest BCUT2D eigenvalue weighted by Crippen LogP contribution is -2.55. The number of benzene rings is 1. The van der Waals surface area contributed by atoms with Crippen LogP contribution in [0, 0.1) is 0 Å². The number of amides is 1. The van der Waals surface area contributed by atoms with Crippen LogP contribution in [0.3, 0.4) is 0 Å². The minimum absolute atomic E-state index is 0.0395. The molecule has 0 radical (unpaired) electrons. The van der Waals surface area contributed by atoms with Crippen molar-refractivity contribution >= 4 is 29.6 Å². The Labute approximate surface area is 194 Å². The second kappa shape index (κ2) is 12.1. The fourth-order valence-corrected chi connectivity index (χ4v) is 3.72. The van der Waals surface area contributed by atoms with Crippen molar-refractivity contribution in [1.29, 1.82) is 0 Å². The van der Waals surface area contributed by atoms with Crippen LogP contribution in [0.4, 0.5) is 0 Å². The Kier molecular flexibility index (Phi) is 10.5. The van der Waals surface area contributed by atoms with Gasteiger partial charge >= 0.3 is 11.9 Å². The van der Waals surface area contributed by atoms with E-state index in [2.05, 4.69) is 5.32 Å². The van der Waals surface area contributed by atoms with Gasteiger partial charge in [0, 0.05) is 16.9 Å². The van der Waals surface area contributed by atoms with Crippen LogP contribution < -0.4 is 15.8 Å². The fourth-order valence-electron chi connectivity index (χ4n) is 2.70. The molecule has 3 N–H and O–H groups in total. The van der Waals surface area contributed by atoms with Crippen molar-refractivity contribution in [3.8, 4) is 5.75 Å². The van der Waals surface area contributed by atoms with Crippen LogP contribution in [-0.4, -0.2) is 54.5 Å². The first-order chi connectivity index (χ1) is 14.8. The van der Waals surface area contributed by atoms with Gasteiger partial charge in [-0.2, -0.15) is 0 Å². The predicted molar refractivity (Wildman–Crippen MR) is 125 cm³/mol. The number of nitrogens with one attached hydrogen (secondary N) is 1. The first kappa shape index (κ1) is 27.8. The highest BCUT2D eigenvalue weighted by Gasteiger charge is 2.35. The molecule has 0 aliphatic heterocycles. The molecule has 0 saturated heterocycles. The van der Waals surface area contributed by atoms with Crippen LogP contribution in [-0.2, 0) is 29.6 Å². The van der Waals surface area contributed by atoms with Crippen LogP contribution in [0.15, 0.2) is 24.3 Å². The van der Waals surface area contributed by atoms with Gasteiger partial charge in [-0.1, -0.05) is 12.1 Å². The Balaban J connectivity index is 2.71. The average molecular weight is 469 g/mol. The summed E-state index contributed by atoms with van der Waals surface area (Å²) in [6.45, 7) is 9.03. The molecule has 2 unspecified atom stereocenters. The minimum atomic E-state index is -0.992. The van der Waals surface area contributed by atoms with E-state index in [1.807, 2.05) is 38.1 Å². The molecule has 1 amide bonds. The highest BCUT2D eigenvalue weighted by atomic mass is 32.2. The van der Waals surface area contributed by atoms with E-state index in [0.29, 0.717) is 5.75 Å². The zero-order valence-electron chi connectivity index (χ0n) is 20.0. The molecule has 0 aliphatic carbocycles. The molecular formula is C23H36N2O6S. The zero-order valence-corrected chi connectivity index (χ0v) is 20.8.